The molecule has 0 aliphatic heterocycles. The van der Waals surface area contributed by atoms with Gasteiger partial charge in [0.15, 0.2) is 11.6 Å². The number of hydrogen-bond acceptors (Lipinski definition) is 3. The van der Waals surface area contributed by atoms with Crippen LogP contribution in [0.1, 0.15) is 25.6 Å². The van der Waals surface area contributed by atoms with Crippen LogP contribution in [0.3, 0.4) is 0 Å². The first-order chi connectivity index (χ1) is 8.95. The van der Waals surface area contributed by atoms with Crippen LogP contribution in [0.4, 0.5) is 4.39 Å². The molecule has 2 rings (SSSR count). The predicted octanol–water partition coefficient (Wildman–Crippen LogP) is 5.06. The van der Waals surface area contributed by atoms with Crippen LogP contribution in [0, 0.1) is 5.82 Å². The number of hydrogen-bond donors (Lipinski definition) is 0. The van der Waals surface area contributed by atoms with E-state index in [1.807, 2.05) is 13.8 Å². The van der Waals surface area contributed by atoms with Crippen molar-refractivity contribution in [3.63, 3.8) is 0 Å². The molecular weight excluding hydrogens is 379 g/mol. The number of aromatic nitrogens is 2. The van der Waals surface area contributed by atoms with Crippen LogP contribution in [-0.4, -0.2) is 9.97 Å². The van der Waals surface area contributed by atoms with E-state index in [9.17, 15) is 4.39 Å². The third-order valence-corrected chi connectivity index (χ3v) is 3.21. The highest BCUT2D eigenvalue weighted by Gasteiger charge is 2.11. The molecule has 0 bridgehead atoms. The van der Waals surface area contributed by atoms with Gasteiger partial charge in [0.05, 0.1) is 0 Å². The van der Waals surface area contributed by atoms with Crippen LogP contribution in [0.5, 0.6) is 11.6 Å². The van der Waals surface area contributed by atoms with E-state index in [0.29, 0.717) is 16.3 Å². The zero-order valence-electron chi connectivity index (χ0n) is 10.3. The summed E-state index contributed by atoms with van der Waals surface area (Å²) in [6.45, 7) is 3.95. The highest BCUT2D eigenvalue weighted by molar-refractivity contribution is 9.10. The largest absolute Gasteiger partial charge is 0.436 e. The van der Waals surface area contributed by atoms with Crippen LogP contribution in [0.25, 0.3) is 0 Å². The van der Waals surface area contributed by atoms with Crippen molar-refractivity contribution < 1.29 is 9.13 Å². The molecule has 0 aliphatic carbocycles. The molecule has 19 heavy (non-hydrogen) atoms. The summed E-state index contributed by atoms with van der Waals surface area (Å²) in [5.41, 5.74) is 0. The summed E-state index contributed by atoms with van der Waals surface area (Å²) in [4.78, 5) is 8.49. The van der Waals surface area contributed by atoms with E-state index in [2.05, 4.69) is 41.8 Å². The molecule has 1 heterocycles. The highest BCUT2D eigenvalue weighted by Crippen LogP contribution is 2.28. The van der Waals surface area contributed by atoms with E-state index in [1.165, 1.54) is 6.07 Å². The maximum Gasteiger partial charge on any atom is 0.223 e. The molecule has 6 heteroatoms. The van der Waals surface area contributed by atoms with Crippen LogP contribution >= 0.6 is 31.9 Å². The zero-order chi connectivity index (χ0) is 14.0. The first kappa shape index (κ1) is 14.4. The third kappa shape index (κ3) is 3.73. The molecule has 0 radical (unpaired) electrons. The molecular formula is C13H11Br2FN2O. The van der Waals surface area contributed by atoms with Crippen molar-refractivity contribution in [2.75, 3.05) is 0 Å². The van der Waals surface area contributed by atoms with Gasteiger partial charge in [-0.2, -0.15) is 4.98 Å². The van der Waals surface area contributed by atoms with E-state index < -0.39 is 5.82 Å². The van der Waals surface area contributed by atoms with Gasteiger partial charge >= 0.3 is 0 Å². The first-order valence-electron chi connectivity index (χ1n) is 5.63. The van der Waals surface area contributed by atoms with Crippen molar-refractivity contribution in [1.82, 2.24) is 9.97 Å². The second-order valence-corrected chi connectivity index (χ2v) is 5.95. The second kappa shape index (κ2) is 5.96. The quantitative estimate of drug-likeness (QED) is 0.688. The van der Waals surface area contributed by atoms with Crippen molar-refractivity contribution in [2.45, 2.75) is 19.8 Å². The molecule has 2 aromatic rings. The molecule has 100 valence electrons. The van der Waals surface area contributed by atoms with E-state index >= 15 is 0 Å². The SMILES string of the molecule is CC(C)c1nc(Br)cc(Oc2cc(Br)ccc2F)n1. The van der Waals surface area contributed by atoms with Crippen LogP contribution < -0.4 is 4.74 Å². The molecule has 3 nitrogen and oxygen atoms in total. The molecule has 0 saturated heterocycles. The second-order valence-electron chi connectivity index (χ2n) is 4.22. The molecule has 0 atom stereocenters. The van der Waals surface area contributed by atoms with Gasteiger partial charge in [-0.05, 0) is 34.1 Å². The fourth-order valence-corrected chi connectivity index (χ4v) is 2.11. The van der Waals surface area contributed by atoms with Crippen molar-refractivity contribution >= 4 is 31.9 Å². The maximum atomic E-state index is 13.6. The Morgan fingerprint density at radius 1 is 1.16 bits per heavy atom. The van der Waals surface area contributed by atoms with Gasteiger partial charge in [0.25, 0.3) is 0 Å². The summed E-state index contributed by atoms with van der Waals surface area (Å²) >= 11 is 6.57. The van der Waals surface area contributed by atoms with E-state index in [0.717, 1.165) is 4.47 Å². The summed E-state index contributed by atoms with van der Waals surface area (Å²) in [6, 6.07) is 6.10. The number of rotatable bonds is 3. The van der Waals surface area contributed by atoms with Gasteiger partial charge < -0.3 is 4.74 Å². The van der Waals surface area contributed by atoms with Gasteiger partial charge in [-0.1, -0.05) is 29.8 Å². The Morgan fingerprint density at radius 2 is 1.89 bits per heavy atom. The minimum atomic E-state index is -0.441. The monoisotopic (exact) mass is 388 g/mol. The maximum absolute atomic E-state index is 13.6. The summed E-state index contributed by atoms with van der Waals surface area (Å²) in [6.07, 6.45) is 0. The predicted molar refractivity (Wildman–Crippen MR) is 78.0 cm³/mol. The average molecular weight is 390 g/mol. The van der Waals surface area contributed by atoms with Crippen molar-refractivity contribution in [1.29, 1.82) is 0 Å². The smallest absolute Gasteiger partial charge is 0.223 e. The van der Waals surface area contributed by atoms with Crippen molar-refractivity contribution in [3.8, 4) is 11.6 Å². The Kier molecular flexibility index (Phi) is 4.52. The Balaban J connectivity index is 2.35. The van der Waals surface area contributed by atoms with E-state index in [1.54, 1.807) is 18.2 Å². The van der Waals surface area contributed by atoms with Crippen molar-refractivity contribution in [2.24, 2.45) is 0 Å². The lowest BCUT2D eigenvalue weighted by atomic mass is 10.2. The number of ether oxygens (including phenoxy) is 1. The third-order valence-electron chi connectivity index (χ3n) is 2.31. The fraction of sp³-hybridized carbons (Fsp3) is 0.231. The minimum Gasteiger partial charge on any atom is -0.436 e. The Morgan fingerprint density at radius 3 is 2.58 bits per heavy atom. The molecule has 1 aromatic heterocycles. The van der Waals surface area contributed by atoms with Crippen molar-refractivity contribution in [3.05, 3.63) is 45.0 Å². The van der Waals surface area contributed by atoms with Gasteiger partial charge in [-0.25, -0.2) is 9.37 Å². The standard InChI is InChI=1S/C13H11Br2FN2O/c1-7(2)13-17-11(15)6-12(18-13)19-10-5-8(14)3-4-9(10)16/h3-7H,1-2H3. The zero-order valence-corrected chi connectivity index (χ0v) is 13.5. The van der Waals surface area contributed by atoms with Gasteiger partial charge in [0.2, 0.25) is 5.88 Å². The molecule has 0 spiro atoms. The minimum absolute atomic E-state index is 0.120. The van der Waals surface area contributed by atoms with Gasteiger partial charge in [0.1, 0.15) is 10.4 Å². The van der Waals surface area contributed by atoms with Gasteiger partial charge in [-0.3, -0.25) is 0 Å². The van der Waals surface area contributed by atoms with Gasteiger partial charge in [0, 0.05) is 16.5 Å². The summed E-state index contributed by atoms with van der Waals surface area (Å²) in [5, 5.41) is 0. The molecule has 1 aromatic carbocycles. The lowest BCUT2D eigenvalue weighted by Gasteiger charge is -2.09. The van der Waals surface area contributed by atoms with Crippen LogP contribution in [0.15, 0.2) is 33.3 Å². The Bertz CT molecular complexity index is 605. The molecule has 0 amide bonds. The summed E-state index contributed by atoms with van der Waals surface area (Å²) in [7, 11) is 0. The van der Waals surface area contributed by atoms with Gasteiger partial charge in [-0.15, -0.1) is 0 Å². The summed E-state index contributed by atoms with van der Waals surface area (Å²) < 4.78 is 20.4. The molecule has 0 unspecified atom stereocenters. The molecule has 0 fully saturated rings. The Hall–Kier alpha value is -1.01. The van der Waals surface area contributed by atoms with E-state index in [-0.39, 0.29) is 11.7 Å². The normalized spacial score (nSPS) is 10.8. The Labute approximate surface area is 127 Å². The first-order valence-corrected chi connectivity index (χ1v) is 7.21. The number of halogens is 3. The average Bonchev–Trinajstić information content (AvgIpc) is 2.33. The fourth-order valence-electron chi connectivity index (χ4n) is 1.39. The topological polar surface area (TPSA) is 35.0 Å². The van der Waals surface area contributed by atoms with Crippen LogP contribution in [0.2, 0.25) is 0 Å². The lowest BCUT2D eigenvalue weighted by molar-refractivity contribution is 0.422. The lowest BCUT2D eigenvalue weighted by Crippen LogP contribution is -2.00. The number of benzene rings is 1. The van der Waals surface area contributed by atoms with Crippen LogP contribution in [-0.2, 0) is 0 Å². The van der Waals surface area contributed by atoms with E-state index in [4.69, 9.17) is 4.74 Å². The highest BCUT2D eigenvalue weighted by atomic mass is 79.9. The molecule has 0 saturated carbocycles. The summed E-state index contributed by atoms with van der Waals surface area (Å²) in [5.74, 6) is 0.785. The molecule has 0 N–H and O–H groups in total. The molecule has 0 aliphatic rings. The number of nitrogens with zero attached hydrogens (tertiary/aromatic N) is 2.